The number of fused-ring (bicyclic) bond motifs is 1. The zero-order valence-corrected chi connectivity index (χ0v) is 5.91. The zero-order chi connectivity index (χ0) is 8.55. The van der Waals surface area contributed by atoms with Gasteiger partial charge in [0.05, 0.1) is 11.7 Å². The number of nitrogens with zero attached hydrogens (tertiary/aromatic N) is 2. The quantitative estimate of drug-likeness (QED) is 0.577. The molecule has 0 unspecified atom stereocenters. The SMILES string of the molecule is O=c1ncc2cc(F)ncc2[nH]1. The van der Waals surface area contributed by atoms with E-state index < -0.39 is 11.6 Å². The van der Waals surface area contributed by atoms with Crippen molar-refractivity contribution in [1.29, 1.82) is 0 Å². The van der Waals surface area contributed by atoms with Gasteiger partial charge in [-0.05, 0) is 0 Å². The molecule has 0 saturated carbocycles. The lowest BCUT2D eigenvalue weighted by Crippen LogP contribution is -2.08. The summed E-state index contributed by atoms with van der Waals surface area (Å²) in [7, 11) is 0. The van der Waals surface area contributed by atoms with Crippen molar-refractivity contribution in [2.75, 3.05) is 0 Å². The second-order valence-corrected chi connectivity index (χ2v) is 2.28. The molecule has 5 heteroatoms. The minimum atomic E-state index is -0.587. The summed E-state index contributed by atoms with van der Waals surface area (Å²) >= 11 is 0. The number of H-pyrrole nitrogens is 1. The van der Waals surface area contributed by atoms with Gasteiger partial charge in [0.15, 0.2) is 0 Å². The van der Waals surface area contributed by atoms with Gasteiger partial charge < -0.3 is 4.98 Å². The number of hydrogen-bond acceptors (Lipinski definition) is 3. The van der Waals surface area contributed by atoms with E-state index in [1.54, 1.807) is 0 Å². The molecule has 2 rings (SSSR count). The van der Waals surface area contributed by atoms with Crippen LogP contribution in [0.3, 0.4) is 0 Å². The van der Waals surface area contributed by atoms with Gasteiger partial charge in [-0.3, -0.25) is 0 Å². The van der Waals surface area contributed by atoms with E-state index in [1.165, 1.54) is 18.5 Å². The molecule has 0 saturated heterocycles. The van der Waals surface area contributed by atoms with Crippen molar-refractivity contribution >= 4 is 10.9 Å². The van der Waals surface area contributed by atoms with Gasteiger partial charge in [0.1, 0.15) is 0 Å². The van der Waals surface area contributed by atoms with Crippen LogP contribution in [0.5, 0.6) is 0 Å². The average Bonchev–Trinajstić information content (AvgIpc) is 2.05. The second kappa shape index (κ2) is 2.37. The van der Waals surface area contributed by atoms with E-state index in [0.717, 1.165) is 0 Å². The molecule has 0 aromatic carbocycles. The summed E-state index contributed by atoms with van der Waals surface area (Å²) in [5.41, 5.74) is 0.0207. The Morgan fingerprint density at radius 2 is 2.17 bits per heavy atom. The Morgan fingerprint density at radius 1 is 1.33 bits per heavy atom. The van der Waals surface area contributed by atoms with Crippen LogP contribution in [0.2, 0.25) is 0 Å². The highest BCUT2D eigenvalue weighted by Crippen LogP contribution is 2.06. The minimum Gasteiger partial charge on any atom is -0.304 e. The van der Waals surface area contributed by atoms with Crippen molar-refractivity contribution in [3.8, 4) is 0 Å². The van der Waals surface area contributed by atoms with Crippen LogP contribution >= 0.6 is 0 Å². The van der Waals surface area contributed by atoms with Gasteiger partial charge >= 0.3 is 5.69 Å². The Kier molecular flexibility index (Phi) is 1.36. The second-order valence-electron chi connectivity index (χ2n) is 2.28. The van der Waals surface area contributed by atoms with E-state index in [0.29, 0.717) is 10.9 Å². The molecule has 2 heterocycles. The average molecular weight is 165 g/mol. The summed E-state index contributed by atoms with van der Waals surface area (Å²) in [5, 5.41) is 0.530. The normalized spacial score (nSPS) is 10.4. The maximum Gasteiger partial charge on any atom is 0.345 e. The zero-order valence-electron chi connectivity index (χ0n) is 5.91. The molecule has 1 N–H and O–H groups in total. The number of pyridine rings is 1. The van der Waals surface area contributed by atoms with Gasteiger partial charge in [0.2, 0.25) is 5.95 Å². The smallest absolute Gasteiger partial charge is 0.304 e. The molecule has 0 radical (unpaired) electrons. The van der Waals surface area contributed by atoms with E-state index in [1.807, 2.05) is 0 Å². The molecule has 0 fully saturated rings. The van der Waals surface area contributed by atoms with Crippen molar-refractivity contribution in [3.05, 3.63) is 34.9 Å². The highest BCUT2D eigenvalue weighted by atomic mass is 19.1. The molecule has 2 aromatic heterocycles. The van der Waals surface area contributed by atoms with Crippen LogP contribution in [0.1, 0.15) is 0 Å². The van der Waals surface area contributed by atoms with Crippen LogP contribution in [0.25, 0.3) is 10.9 Å². The molecule has 12 heavy (non-hydrogen) atoms. The first kappa shape index (κ1) is 6.90. The molecule has 0 aliphatic carbocycles. The van der Waals surface area contributed by atoms with Gasteiger partial charge in [0, 0.05) is 17.6 Å². The molecule has 0 spiro atoms. The molecular weight excluding hydrogens is 161 g/mol. The monoisotopic (exact) mass is 165 g/mol. The van der Waals surface area contributed by atoms with Crippen molar-refractivity contribution < 1.29 is 4.39 Å². The summed E-state index contributed by atoms with van der Waals surface area (Å²) in [6, 6.07) is 1.21. The number of rotatable bonds is 0. The van der Waals surface area contributed by atoms with Gasteiger partial charge in [-0.1, -0.05) is 0 Å². The van der Waals surface area contributed by atoms with E-state index in [2.05, 4.69) is 15.0 Å². The van der Waals surface area contributed by atoms with Crippen LogP contribution in [0.15, 0.2) is 23.3 Å². The Hall–Kier alpha value is -1.78. The Labute approximate surface area is 66.1 Å². The van der Waals surface area contributed by atoms with E-state index >= 15 is 0 Å². The third-order valence-corrected chi connectivity index (χ3v) is 1.47. The van der Waals surface area contributed by atoms with Crippen LogP contribution < -0.4 is 5.69 Å². The first-order valence-corrected chi connectivity index (χ1v) is 3.26. The molecule has 0 bridgehead atoms. The van der Waals surface area contributed by atoms with Crippen molar-refractivity contribution in [1.82, 2.24) is 15.0 Å². The number of aromatic nitrogens is 3. The van der Waals surface area contributed by atoms with Crippen molar-refractivity contribution in [2.24, 2.45) is 0 Å². The van der Waals surface area contributed by atoms with Gasteiger partial charge in [-0.25, -0.2) is 14.8 Å². The van der Waals surface area contributed by atoms with Gasteiger partial charge in [-0.2, -0.15) is 4.39 Å². The first-order valence-electron chi connectivity index (χ1n) is 3.26. The molecule has 0 atom stereocenters. The predicted octanol–water partition coefficient (Wildman–Crippen LogP) is 0.457. The largest absolute Gasteiger partial charge is 0.345 e. The Bertz CT molecular complexity index is 479. The van der Waals surface area contributed by atoms with Gasteiger partial charge in [0.25, 0.3) is 0 Å². The fourth-order valence-corrected chi connectivity index (χ4v) is 0.931. The van der Waals surface area contributed by atoms with Crippen molar-refractivity contribution in [3.63, 3.8) is 0 Å². The lowest BCUT2D eigenvalue weighted by Gasteiger charge is -1.93. The molecule has 0 aliphatic rings. The number of hydrogen-bond donors (Lipinski definition) is 1. The molecule has 0 amide bonds. The van der Waals surface area contributed by atoms with E-state index in [9.17, 15) is 9.18 Å². The first-order chi connectivity index (χ1) is 5.75. The fourth-order valence-electron chi connectivity index (χ4n) is 0.931. The van der Waals surface area contributed by atoms with Gasteiger partial charge in [-0.15, -0.1) is 0 Å². The van der Waals surface area contributed by atoms with Crippen molar-refractivity contribution in [2.45, 2.75) is 0 Å². The summed E-state index contributed by atoms with van der Waals surface area (Å²) in [6.07, 6.45) is 2.56. The van der Waals surface area contributed by atoms with Crippen LogP contribution in [-0.2, 0) is 0 Å². The highest BCUT2D eigenvalue weighted by Gasteiger charge is 1.96. The summed E-state index contributed by atoms with van der Waals surface area (Å²) in [5.74, 6) is -0.587. The third kappa shape index (κ3) is 1.05. The van der Waals surface area contributed by atoms with E-state index in [4.69, 9.17) is 0 Å². The molecule has 2 aromatic rings. The number of aromatic amines is 1. The molecule has 4 nitrogen and oxygen atoms in total. The summed E-state index contributed by atoms with van der Waals surface area (Å²) in [6.45, 7) is 0. The third-order valence-electron chi connectivity index (χ3n) is 1.47. The fraction of sp³-hybridized carbons (Fsp3) is 0. The highest BCUT2D eigenvalue weighted by molar-refractivity contribution is 5.75. The maximum absolute atomic E-state index is 12.5. The minimum absolute atomic E-state index is 0.462. The number of nitrogens with one attached hydrogen (secondary N) is 1. The van der Waals surface area contributed by atoms with Crippen LogP contribution in [-0.4, -0.2) is 15.0 Å². The topological polar surface area (TPSA) is 58.6 Å². The molecule has 0 aliphatic heterocycles. The summed E-state index contributed by atoms with van der Waals surface area (Å²) in [4.78, 5) is 19.9. The Balaban J connectivity index is 2.87. The summed E-state index contributed by atoms with van der Waals surface area (Å²) < 4.78 is 12.5. The molecule has 60 valence electrons. The maximum atomic E-state index is 12.5. The predicted molar refractivity (Wildman–Crippen MR) is 40.1 cm³/mol. The lowest BCUT2D eigenvalue weighted by atomic mass is 10.3. The van der Waals surface area contributed by atoms with E-state index in [-0.39, 0.29) is 0 Å². The van der Waals surface area contributed by atoms with Crippen LogP contribution in [0, 0.1) is 5.95 Å². The lowest BCUT2D eigenvalue weighted by molar-refractivity contribution is 0.586. The number of halogens is 1. The standard InChI is InChI=1S/C7H4FN3O/c8-6-1-4-2-10-7(12)11-5(4)3-9-6/h1-3H,(H,10,11,12). The molecular formula is C7H4FN3O. The Morgan fingerprint density at radius 3 is 3.00 bits per heavy atom. The van der Waals surface area contributed by atoms with Crippen LogP contribution in [0.4, 0.5) is 4.39 Å².